The van der Waals surface area contributed by atoms with Crippen LogP contribution in [0, 0.1) is 17.3 Å². The molecular weight excluding hydrogens is 232 g/mol. The molecule has 3 aliphatic rings. The van der Waals surface area contributed by atoms with Crippen LogP contribution in [0.1, 0.15) is 31.2 Å². The van der Waals surface area contributed by atoms with Gasteiger partial charge in [-0.3, -0.25) is 0 Å². The number of fused-ring (bicyclic) bond motifs is 2. The molecule has 1 aromatic rings. The van der Waals surface area contributed by atoms with Gasteiger partial charge in [-0.1, -0.05) is 42.5 Å². The average Bonchev–Trinajstić information content (AvgIpc) is 3.07. The molecular formula is C18H20O. The lowest BCUT2D eigenvalue weighted by atomic mass is 9.81. The van der Waals surface area contributed by atoms with Gasteiger partial charge in [0.2, 0.25) is 0 Å². The topological polar surface area (TPSA) is 20.2 Å². The van der Waals surface area contributed by atoms with Crippen LogP contribution in [0.3, 0.4) is 0 Å². The van der Waals surface area contributed by atoms with Gasteiger partial charge in [-0.25, -0.2) is 0 Å². The second-order valence-corrected chi connectivity index (χ2v) is 6.47. The smallest absolute Gasteiger partial charge is 0.0890 e. The van der Waals surface area contributed by atoms with Crippen molar-refractivity contribution in [3.05, 3.63) is 54.6 Å². The molecule has 1 spiro atoms. The third-order valence-electron chi connectivity index (χ3n) is 5.69. The normalized spacial score (nSPS) is 38.1. The van der Waals surface area contributed by atoms with Gasteiger partial charge in [0.25, 0.3) is 0 Å². The molecule has 1 aromatic carbocycles. The van der Waals surface area contributed by atoms with Gasteiger partial charge in [0, 0.05) is 5.92 Å². The van der Waals surface area contributed by atoms with Crippen LogP contribution in [-0.2, 0) is 0 Å². The summed E-state index contributed by atoms with van der Waals surface area (Å²) in [6, 6.07) is 10.7. The summed E-state index contributed by atoms with van der Waals surface area (Å²) in [7, 11) is 0. The van der Waals surface area contributed by atoms with Crippen molar-refractivity contribution in [2.75, 3.05) is 0 Å². The Labute approximate surface area is 114 Å². The standard InChI is InChI=1S/C18H20O/c1-2-18(19)9-8-14-16(18)12-15(17(14)10-11-17)13-6-4-3-5-7-13/h2-7,12,14,16,19H,1,8-11H2/t14-,16-,18+/m0/s1. The van der Waals surface area contributed by atoms with Crippen molar-refractivity contribution >= 4 is 5.57 Å². The van der Waals surface area contributed by atoms with E-state index in [0.717, 1.165) is 12.8 Å². The van der Waals surface area contributed by atoms with E-state index in [1.807, 2.05) is 0 Å². The summed E-state index contributed by atoms with van der Waals surface area (Å²) in [5.41, 5.74) is 2.54. The molecule has 1 nitrogen and oxygen atoms in total. The molecule has 1 heteroatoms. The van der Waals surface area contributed by atoms with Crippen LogP contribution in [0.2, 0.25) is 0 Å². The zero-order valence-corrected chi connectivity index (χ0v) is 11.2. The summed E-state index contributed by atoms with van der Waals surface area (Å²) in [4.78, 5) is 0. The third-order valence-corrected chi connectivity index (χ3v) is 5.69. The summed E-state index contributed by atoms with van der Waals surface area (Å²) in [5.74, 6) is 0.911. The van der Waals surface area contributed by atoms with Crippen LogP contribution in [-0.4, -0.2) is 10.7 Å². The van der Waals surface area contributed by atoms with Crippen molar-refractivity contribution in [3.63, 3.8) is 0 Å². The molecule has 3 aliphatic carbocycles. The van der Waals surface area contributed by atoms with E-state index in [1.54, 1.807) is 6.08 Å². The molecule has 1 N–H and O–H groups in total. The molecule has 2 saturated carbocycles. The second-order valence-electron chi connectivity index (χ2n) is 6.47. The van der Waals surface area contributed by atoms with Gasteiger partial charge < -0.3 is 5.11 Å². The minimum absolute atomic E-state index is 0.280. The zero-order valence-electron chi connectivity index (χ0n) is 11.2. The Morgan fingerprint density at radius 2 is 1.89 bits per heavy atom. The first-order valence-corrected chi connectivity index (χ1v) is 7.33. The predicted octanol–water partition coefficient (Wildman–Crippen LogP) is 3.81. The SMILES string of the molecule is C=C[C@@]1(O)CC[C@H]2[C@@H]1C=C(c1ccccc1)C21CC1. The summed E-state index contributed by atoms with van der Waals surface area (Å²) in [5, 5.41) is 10.7. The van der Waals surface area contributed by atoms with Crippen LogP contribution < -0.4 is 0 Å². The first-order valence-electron chi connectivity index (χ1n) is 7.33. The summed E-state index contributed by atoms with van der Waals surface area (Å²) >= 11 is 0. The predicted molar refractivity (Wildman–Crippen MR) is 77.4 cm³/mol. The van der Waals surface area contributed by atoms with E-state index >= 15 is 0 Å². The molecule has 0 bridgehead atoms. The molecule has 0 aliphatic heterocycles. The van der Waals surface area contributed by atoms with Crippen LogP contribution in [0.25, 0.3) is 5.57 Å². The monoisotopic (exact) mass is 252 g/mol. The molecule has 0 unspecified atom stereocenters. The van der Waals surface area contributed by atoms with Gasteiger partial charge in [0.15, 0.2) is 0 Å². The molecule has 2 fully saturated rings. The number of hydrogen-bond acceptors (Lipinski definition) is 1. The van der Waals surface area contributed by atoms with E-state index in [9.17, 15) is 5.11 Å². The Morgan fingerprint density at radius 3 is 2.53 bits per heavy atom. The summed E-state index contributed by atoms with van der Waals surface area (Å²) in [6.07, 6.45) is 8.75. The first kappa shape index (κ1) is 11.5. The minimum Gasteiger partial charge on any atom is -0.385 e. The van der Waals surface area contributed by atoms with Gasteiger partial charge in [-0.2, -0.15) is 0 Å². The van der Waals surface area contributed by atoms with Crippen molar-refractivity contribution in [1.82, 2.24) is 0 Å². The van der Waals surface area contributed by atoms with Crippen LogP contribution in [0.4, 0.5) is 0 Å². The number of aliphatic hydroxyl groups is 1. The molecule has 19 heavy (non-hydrogen) atoms. The van der Waals surface area contributed by atoms with Gasteiger partial charge in [-0.15, -0.1) is 6.58 Å². The Balaban J connectivity index is 1.80. The summed E-state index contributed by atoms with van der Waals surface area (Å²) in [6.45, 7) is 3.86. The molecule has 0 heterocycles. The molecule has 4 rings (SSSR count). The fourth-order valence-electron chi connectivity index (χ4n) is 4.52. The number of rotatable bonds is 2. The summed E-state index contributed by atoms with van der Waals surface area (Å²) < 4.78 is 0. The maximum absolute atomic E-state index is 10.7. The van der Waals surface area contributed by atoms with E-state index in [0.29, 0.717) is 11.3 Å². The zero-order chi connectivity index (χ0) is 13.1. The van der Waals surface area contributed by atoms with E-state index in [-0.39, 0.29) is 5.92 Å². The lowest BCUT2D eigenvalue weighted by Gasteiger charge is -2.26. The van der Waals surface area contributed by atoms with Crippen molar-refractivity contribution in [2.24, 2.45) is 17.3 Å². The lowest BCUT2D eigenvalue weighted by molar-refractivity contribution is 0.0596. The largest absolute Gasteiger partial charge is 0.385 e. The van der Waals surface area contributed by atoms with Crippen molar-refractivity contribution in [3.8, 4) is 0 Å². The van der Waals surface area contributed by atoms with Gasteiger partial charge in [-0.05, 0) is 48.2 Å². The average molecular weight is 252 g/mol. The van der Waals surface area contributed by atoms with Crippen molar-refractivity contribution in [1.29, 1.82) is 0 Å². The van der Waals surface area contributed by atoms with Crippen molar-refractivity contribution in [2.45, 2.75) is 31.3 Å². The van der Waals surface area contributed by atoms with Gasteiger partial charge in [0.1, 0.15) is 0 Å². The van der Waals surface area contributed by atoms with Crippen LogP contribution in [0.5, 0.6) is 0 Å². The maximum Gasteiger partial charge on any atom is 0.0890 e. The minimum atomic E-state index is -0.670. The third kappa shape index (κ3) is 1.40. The highest BCUT2D eigenvalue weighted by atomic mass is 16.3. The molecule has 0 saturated heterocycles. The Bertz CT molecular complexity index is 552. The van der Waals surface area contributed by atoms with E-state index < -0.39 is 5.60 Å². The number of benzene rings is 1. The molecule has 0 amide bonds. The fraction of sp³-hybridized carbons (Fsp3) is 0.444. The van der Waals surface area contributed by atoms with E-state index in [1.165, 1.54) is 24.0 Å². The number of allylic oxidation sites excluding steroid dienone is 1. The molecule has 0 aromatic heterocycles. The fourth-order valence-corrected chi connectivity index (χ4v) is 4.52. The van der Waals surface area contributed by atoms with Crippen LogP contribution in [0.15, 0.2) is 49.1 Å². The molecule has 3 atom stereocenters. The Hall–Kier alpha value is -1.34. The van der Waals surface area contributed by atoms with E-state index in [4.69, 9.17) is 0 Å². The highest BCUT2D eigenvalue weighted by Gasteiger charge is 2.63. The number of hydrogen-bond donors (Lipinski definition) is 1. The lowest BCUT2D eigenvalue weighted by Crippen LogP contribution is -2.31. The van der Waals surface area contributed by atoms with Crippen molar-refractivity contribution < 1.29 is 5.11 Å². The Kier molecular flexibility index (Phi) is 2.18. The Morgan fingerprint density at radius 1 is 1.16 bits per heavy atom. The maximum atomic E-state index is 10.7. The quantitative estimate of drug-likeness (QED) is 0.794. The van der Waals surface area contributed by atoms with Gasteiger partial charge in [0.05, 0.1) is 5.60 Å². The second kappa shape index (κ2) is 3.61. The first-order chi connectivity index (χ1) is 9.20. The van der Waals surface area contributed by atoms with Gasteiger partial charge >= 0.3 is 0 Å². The molecule has 0 radical (unpaired) electrons. The van der Waals surface area contributed by atoms with E-state index in [2.05, 4.69) is 43.0 Å². The highest BCUT2D eigenvalue weighted by molar-refractivity contribution is 5.76. The molecule has 98 valence electrons. The van der Waals surface area contributed by atoms with Crippen LogP contribution >= 0.6 is 0 Å². The highest BCUT2D eigenvalue weighted by Crippen LogP contribution is 2.71.